The van der Waals surface area contributed by atoms with Gasteiger partial charge in [-0.2, -0.15) is 11.8 Å². The zero-order valence-electron chi connectivity index (χ0n) is 11.6. The lowest BCUT2D eigenvalue weighted by Crippen LogP contribution is -2.38. The Morgan fingerprint density at radius 2 is 2.25 bits per heavy atom. The maximum absolute atomic E-state index is 11.9. The summed E-state index contributed by atoms with van der Waals surface area (Å²) in [6, 6.07) is 0.530. The molecular weight excluding hydrogens is 278 g/mol. The van der Waals surface area contributed by atoms with Crippen molar-refractivity contribution in [2.75, 3.05) is 18.8 Å². The SMILES string of the molecule is NCCCN1C(=O)N[C@@H]2[C@H](CCCCC(=O)O)SC[C@@H]21. The Morgan fingerprint density at radius 3 is 2.95 bits per heavy atom. The molecule has 0 bridgehead atoms. The Kier molecular flexibility index (Phi) is 5.54. The minimum Gasteiger partial charge on any atom is -0.481 e. The van der Waals surface area contributed by atoms with Gasteiger partial charge in [0.05, 0.1) is 12.1 Å². The van der Waals surface area contributed by atoms with Crippen LogP contribution in [-0.4, -0.2) is 58.2 Å². The maximum atomic E-state index is 11.9. The number of carboxylic acid groups (broad SMARTS) is 1. The molecule has 0 aromatic carbocycles. The predicted octanol–water partition coefficient (Wildman–Crippen LogP) is 0.858. The zero-order valence-corrected chi connectivity index (χ0v) is 12.4. The van der Waals surface area contributed by atoms with Gasteiger partial charge in [-0.3, -0.25) is 4.79 Å². The van der Waals surface area contributed by atoms with Crippen molar-refractivity contribution < 1.29 is 14.7 Å². The van der Waals surface area contributed by atoms with Crippen LogP contribution in [0.2, 0.25) is 0 Å². The first kappa shape index (κ1) is 15.4. The average molecular weight is 301 g/mol. The second-order valence-corrected chi connectivity index (χ2v) is 6.66. The number of nitrogens with zero attached hydrogens (tertiary/aromatic N) is 1. The molecule has 20 heavy (non-hydrogen) atoms. The second kappa shape index (κ2) is 7.17. The smallest absolute Gasteiger partial charge is 0.318 e. The van der Waals surface area contributed by atoms with E-state index < -0.39 is 5.97 Å². The summed E-state index contributed by atoms with van der Waals surface area (Å²) in [4.78, 5) is 24.3. The van der Waals surface area contributed by atoms with E-state index in [0.29, 0.717) is 18.2 Å². The van der Waals surface area contributed by atoms with Crippen molar-refractivity contribution in [2.45, 2.75) is 49.4 Å². The number of nitrogens with two attached hydrogens (primary N) is 1. The number of rotatable bonds is 8. The van der Waals surface area contributed by atoms with E-state index in [2.05, 4.69) is 5.32 Å². The fourth-order valence-electron chi connectivity index (χ4n) is 2.94. The highest BCUT2D eigenvalue weighted by Gasteiger charge is 2.47. The molecule has 0 spiro atoms. The molecule has 2 aliphatic rings. The molecule has 114 valence electrons. The first-order chi connectivity index (χ1) is 9.63. The van der Waals surface area contributed by atoms with E-state index in [1.54, 1.807) is 0 Å². The van der Waals surface area contributed by atoms with E-state index in [1.807, 2.05) is 16.7 Å². The van der Waals surface area contributed by atoms with Crippen LogP contribution in [0.3, 0.4) is 0 Å². The van der Waals surface area contributed by atoms with E-state index in [9.17, 15) is 9.59 Å². The molecule has 2 rings (SSSR count). The van der Waals surface area contributed by atoms with Crippen molar-refractivity contribution in [1.29, 1.82) is 0 Å². The summed E-state index contributed by atoms with van der Waals surface area (Å²) in [7, 11) is 0. The molecule has 0 radical (unpaired) electrons. The molecule has 4 N–H and O–H groups in total. The number of aliphatic carboxylic acids is 1. The third kappa shape index (κ3) is 3.58. The fraction of sp³-hybridized carbons (Fsp3) is 0.846. The highest BCUT2D eigenvalue weighted by Crippen LogP contribution is 2.36. The Balaban J connectivity index is 1.79. The Bertz CT molecular complexity index is 367. The molecule has 2 amide bonds. The van der Waals surface area contributed by atoms with Crippen LogP contribution in [-0.2, 0) is 4.79 Å². The second-order valence-electron chi connectivity index (χ2n) is 5.39. The Hall–Kier alpha value is -0.950. The van der Waals surface area contributed by atoms with Crippen LogP contribution in [0.25, 0.3) is 0 Å². The monoisotopic (exact) mass is 301 g/mol. The number of nitrogens with one attached hydrogen (secondary N) is 1. The number of hydrogen-bond donors (Lipinski definition) is 3. The highest BCUT2D eigenvalue weighted by atomic mass is 32.2. The van der Waals surface area contributed by atoms with Crippen molar-refractivity contribution >= 4 is 23.8 Å². The van der Waals surface area contributed by atoms with Crippen molar-refractivity contribution in [3.63, 3.8) is 0 Å². The topological polar surface area (TPSA) is 95.7 Å². The van der Waals surface area contributed by atoms with Gasteiger partial charge in [-0.25, -0.2) is 4.79 Å². The lowest BCUT2D eigenvalue weighted by atomic mass is 10.0. The quantitative estimate of drug-likeness (QED) is 0.456. The molecule has 0 aliphatic carbocycles. The van der Waals surface area contributed by atoms with Gasteiger partial charge < -0.3 is 21.1 Å². The zero-order chi connectivity index (χ0) is 14.5. The van der Waals surface area contributed by atoms with Gasteiger partial charge in [-0.15, -0.1) is 0 Å². The molecule has 0 aromatic heterocycles. The lowest BCUT2D eigenvalue weighted by Gasteiger charge is -2.21. The van der Waals surface area contributed by atoms with E-state index in [4.69, 9.17) is 10.8 Å². The molecule has 7 heteroatoms. The average Bonchev–Trinajstić information content (AvgIpc) is 2.91. The predicted molar refractivity (Wildman–Crippen MR) is 78.8 cm³/mol. The normalized spacial score (nSPS) is 28.6. The van der Waals surface area contributed by atoms with Crippen LogP contribution in [0, 0.1) is 0 Å². The van der Waals surface area contributed by atoms with Crippen molar-refractivity contribution in [2.24, 2.45) is 5.73 Å². The molecule has 3 atom stereocenters. The summed E-state index contributed by atoms with van der Waals surface area (Å²) >= 11 is 1.90. The van der Waals surface area contributed by atoms with Crippen LogP contribution in [0.15, 0.2) is 0 Å². The Morgan fingerprint density at radius 1 is 1.45 bits per heavy atom. The number of fused-ring (bicyclic) bond motifs is 1. The number of amides is 2. The largest absolute Gasteiger partial charge is 0.481 e. The minimum absolute atomic E-state index is 0.0317. The van der Waals surface area contributed by atoms with E-state index in [-0.39, 0.29) is 24.5 Å². The van der Waals surface area contributed by atoms with Gasteiger partial charge in [0, 0.05) is 24.0 Å². The van der Waals surface area contributed by atoms with Gasteiger partial charge in [-0.1, -0.05) is 6.42 Å². The van der Waals surface area contributed by atoms with Gasteiger partial charge in [0.1, 0.15) is 0 Å². The molecule has 2 heterocycles. The maximum Gasteiger partial charge on any atom is 0.318 e. The Labute approximate surface area is 123 Å². The minimum atomic E-state index is -0.732. The van der Waals surface area contributed by atoms with E-state index in [0.717, 1.165) is 31.6 Å². The van der Waals surface area contributed by atoms with E-state index in [1.165, 1.54) is 0 Å². The lowest BCUT2D eigenvalue weighted by molar-refractivity contribution is -0.137. The molecule has 0 unspecified atom stereocenters. The standard InChI is InChI=1S/C13H23N3O3S/c14-6-3-7-16-9-8-20-10(12(9)15-13(16)19)4-1-2-5-11(17)18/h9-10,12H,1-8,14H2,(H,15,19)(H,17,18)/t9-,10-,12-/m0/s1. The van der Waals surface area contributed by atoms with Crippen LogP contribution in [0.5, 0.6) is 0 Å². The summed E-state index contributed by atoms with van der Waals surface area (Å²) in [6.07, 6.45) is 3.68. The molecule has 0 saturated carbocycles. The van der Waals surface area contributed by atoms with Crippen molar-refractivity contribution in [3.05, 3.63) is 0 Å². The van der Waals surface area contributed by atoms with Gasteiger partial charge >= 0.3 is 12.0 Å². The first-order valence-electron chi connectivity index (χ1n) is 7.24. The molecule has 6 nitrogen and oxygen atoms in total. The van der Waals surface area contributed by atoms with Crippen molar-refractivity contribution in [1.82, 2.24) is 10.2 Å². The number of hydrogen-bond acceptors (Lipinski definition) is 4. The first-order valence-corrected chi connectivity index (χ1v) is 8.29. The number of urea groups is 1. The summed E-state index contributed by atoms with van der Waals surface area (Å²) in [5, 5.41) is 12.1. The molecule has 2 saturated heterocycles. The number of carbonyl (C=O) groups excluding carboxylic acids is 1. The van der Waals surface area contributed by atoms with Crippen molar-refractivity contribution in [3.8, 4) is 0 Å². The van der Waals surface area contributed by atoms with E-state index >= 15 is 0 Å². The van der Waals surface area contributed by atoms with Crippen LogP contribution < -0.4 is 11.1 Å². The van der Waals surface area contributed by atoms with Gasteiger partial charge in [-0.05, 0) is 25.8 Å². The number of thioether (sulfide) groups is 1. The van der Waals surface area contributed by atoms with Crippen LogP contribution in [0.1, 0.15) is 32.1 Å². The summed E-state index contributed by atoms with van der Waals surface area (Å²) in [6.45, 7) is 1.34. The van der Waals surface area contributed by atoms with Crippen LogP contribution >= 0.6 is 11.8 Å². The summed E-state index contributed by atoms with van der Waals surface area (Å²) in [5.74, 6) is 0.237. The molecule has 0 aromatic rings. The van der Waals surface area contributed by atoms with Gasteiger partial charge in [0.2, 0.25) is 0 Å². The van der Waals surface area contributed by atoms with Crippen LogP contribution in [0.4, 0.5) is 4.79 Å². The third-order valence-corrected chi connectivity index (χ3v) is 5.47. The summed E-state index contributed by atoms with van der Waals surface area (Å²) < 4.78 is 0. The number of unbranched alkanes of at least 4 members (excludes halogenated alkanes) is 1. The summed E-state index contributed by atoms with van der Waals surface area (Å²) in [5.41, 5.74) is 5.51. The van der Waals surface area contributed by atoms with Gasteiger partial charge in [0.15, 0.2) is 0 Å². The third-order valence-electron chi connectivity index (χ3n) is 3.98. The fourth-order valence-corrected chi connectivity index (χ4v) is 4.56. The molecule has 2 aliphatic heterocycles. The number of carboxylic acids is 1. The highest BCUT2D eigenvalue weighted by molar-refractivity contribution is 8.00. The number of carbonyl (C=O) groups is 2. The molecular formula is C13H23N3O3S. The molecule has 2 fully saturated rings. The van der Waals surface area contributed by atoms with Gasteiger partial charge in [0.25, 0.3) is 0 Å².